The number of ether oxygens (including phenoxy) is 1. The van der Waals surface area contributed by atoms with Crippen LogP contribution in [-0.2, 0) is 0 Å². The van der Waals surface area contributed by atoms with Crippen LogP contribution < -0.4 is 10.1 Å². The molecule has 176 valence electrons. The molecule has 0 aromatic heterocycles. The summed E-state index contributed by atoms with van der Waals surface area (Å²) in [6.07, 6.45) is 8.44. The van der Waals surface area contributed by atoms with Gasteiger partial charge in [-0.25, -0.2) is 4.79 Å². The Hall–Kier alpha value is -2.24. The highest BCUT2D eigenvalue weighted by molar-refractivity contribution is 6.30. The fourth-order valence-corrected chi connectivity index (χ4v) is 5.81. The smallest absolute Gasteiger partial charge is 0.321 e. The Morgan fingerprint density at radius 3 is 2.33 bits per heavy atom. The number of benzene rings is 2. The number of rotatable bonds is 4. The maximum atomic E-state index is 12.8. The highest BCUT2D eigenvalue weighted by atomic mass is 35.5. The van der Waals surface area contributed by atoms with Crippen molar-refractivity contribution in [3.8, 4) is 5.75 Å². The number of carbonyl (C=O) groups excluding carboxylic acids is 1. The number of urea groups is 1. The van der Waals surface area contributed by atoms with Crippen molar-refractivity contribution >= 4 is 23.3 Å². The van der Waals surface area contributed by atoms with E-state index in [0.717, 1.165) is 48.8 Å². The van der Waals surface area contributed by atoms with Crippen LogP contribution in [0.3, 0.4) is 0 Å². The van der Waals surface area contributed by atoms with E-state index in [1.54, 1.807) is 0 Å². The van der Waals surface area contributed by atoms with E-state index in [9.17, 15) is 4.79 Å². The largest absolute Gasteiger partial charge is 0.489 e. The molecule has 5 nitrogen and oxygen atoms in total. The van der Waals surface area contributed by atoms with Crippen molar-refractivity contribution in [3.63, 3.8) is 0 Å². The zero-order valence-corrected chi connectivity index (χ0v) is 20.0. The third kappa shape index (κ3) is 5.47. The van der Waals surface area contributed by atoms with E-state index >= 15 is 0 Å². The lowest BCUT2D eigenvalue weighted by Crippen LogP contribution is -2.52. The first-order valence-corrected chi connectivity index (χ1v) is 12.9. The lowest BCUT2D eigenvalue weighted by atomic mass is 9.89. The number of nitrogens with zero attached hydrogens (tertiary/aromatic N) is 2. The normalized spacial score (nSPS) is 24.2. The molecule has 3 aliphatic rings. The van der Waals surface area contributed by atoms with Crippen LogP contribution >= 0.6 is 11.6 Å². The Balaban J connectivity index is 1.11. The monoisotopic (exact) mass is 467 g/mol. The van der Waals surface area contributed by atoms with Crippen LogP contribution in [0.1, 0.15) is 56.4 Å². The van der Waals surface area contributed by atoms with Crippen LogP contribution in [0.25, 0.3) is 0 Å². The summed E-state index contributed by atoms with van der Waals surface area (Å²) in [5.41, 5.74) is 2.12. The molecule has 2 unspecified atom stereocenters. The summed E-state index contributed by atoms with van der Waals surface area (Å²) >= 11 is 6.01. The molecule has 2 aromatic rings. The van der Waals surface area contributed by atoms with Gasteiger partial charge < -0.3 is 15.0 Å². The Bertz CT molecular complexity index is 923. The maximum absolute atomic E-state index is 12.8. The third-order valence-corrected chi connectivity index (χ3v) is 7.80. The molecule has 3 fully saturated rings. The number of hydrogen-bond donors (Lipinski definition) is 1. The number of piperidine rings is 3. The van der Waals surface area contributed by atoms with Gasteiger partial charge >= 0.3 is 6.03 Å². The molecule has 3 aliphatic heterocycles. The molecular weight excluding hydrogens is 434 g/mol. The van der Waals surface area contributed by atoms with Crippen molar-refractivity contribution in [2.24, 2.45) is 0 Å². The Morgan fingerprint density at radius 1 is 0.848 bits per heavy atom. The summed E-state index contributed by atoms with van der Waals surface area (Å²) in [5, 5.41) is 3.82. The molecule has 0 saturated carbocycles. The number of anilines is 1. The summed E-state index contributed by atoms with van der Waals surface area (Å²) in [5.74, 6) is 1.39. The van der Waals surface area contributed by atoms with Gasteiger partial charge in [0, 0.05) is 29.8 Å². The van der Waals surface area contributed by atoms with Crippen LogP contribution in [0.4, 0.5) is 10.5 Å². The van der Waals surface area contributed by atoms with Gasteiger partial charge in [0.15, 0.2) is 0 Å². The van der Waals surface area contributed by atoms with Gasteiger partial charge in [-0.15, -0.1) is 0 Å². The van der Waals surface area contributed by atoms with Gasteiger partial charge in [-0.3, -0.25) is 4.90 Å². The molecule has 2 amide bonds. The molecule has 3 heterocycles. The fourth-order valence-electron chi connectivity index (χ4n) is 5.69. The zero-order valence-electron chi connectivity index (χ0n) is 19.2. The lowest BCUT2D eigenvalue weighted by molar-refractivity contribution is 0.00561. The van der Waals surface area contributed by atoms with E-state index in [2.05, 4.69) is 22.3 Å². The minimum atomic E-state index is -0.0247. The Labute approximate surface area is 202 Å². The summed E-state index contributed by atoms with van der Waals surface area (Å²) < 4.78 is 6.39. The molecule has 5 rings (SSSR count). The van der Waals surface area contributed by atoms with Gasteiger partial charge in [0.1, 0.15) is 11.9 Å². The molecule has 3 saturated heterocycles. The first-order chi connectivity index (χ1) is 16.2. The molecule has 2 atom stereocenters. The quantitative estimate of drug-likeness (QED) is 0.586. The standard InChI is InChI=1S/C27H34ClN3O2/c28-22-8-6-20(7-9-22)21-14-18-31(19-15-21)27(32)29-23-10-12-24(13-11-23)33-26-5-3-17-30-16-2-1-4-25(26)30/h6-13,21,25-26H,1-5,14-19H2,(H,29,32). The van der Waals surface area contributed by atoms with E-state index in [1.165, 1.54) is 44.3 Å². The number of amides is 2. The van der Waals surface area contributed by atoms with Crippen molar-refractivity contribution in [2.45, 2.75) is 63.0 Å². The molecular formula is C27H34ClN3O2. The van der Waals surface area contributed by atoms with E-state index < -0.39 is 0 Å². The summed E-state index contributed by atoms with van der Waals surface area (Å²) in [4.78, 5) is 17.3. The van der Waals surface area contributed by atoms with E-state index in [1.807, 2.05) is 41.3 Å². The fraction of sp³-hybridized carbons (Fsp3) is 0.519. The summed E-state index contributed by atoms with van der Waals surface area (Å²) in [6.45, 7) is 3.96. The molecule has 0 bridgehead atoms. The highest BCUT2D eigenvalue weighted by Gasteiger charge is 2.34. The van der Waals surface area contributed by atoms with Gasteiger partial charge in [0.2, 0.25) is 0 Å². The highest BCUT2D eigenvalue weighted by Crippen LogP contribution is 2.31. The van der Waals surface area contributed by atoms with Crippen molar-refractivity contribution in [1.82, 2.24) is 9.80 Å². The van der Waals surface area contributed by atoms with Crippen LogP contribution in [0.2, 0.25) is 5.02 Å². The van der Waals surface area contributed by atoms with Gasteiger partial charge in [0.25, 0.3) is 0 Å². The first kappa shape index (κ1) is 22.5. The van der Waals surface area contributed by atoms with Gasteiger partial charge in [-0.2, -0.15) is 0 Å². The molecule has 0 aliphatic carbocycles. The SMILES string of the molecule is O=C(Nc1ccc(OC2CCCN3CCCCC23)cc1)N1CCC(c2ccc(Cl)cc2)CC1. The molecule has 33 heavy (non-hydrogen) atoms. The molecule has 0 radical (unpaired) electrons. The van der Waals surface area contributed by atoms with Crippen LogP contribution in [0, 0.1) is 0 Å². The Morgan fingerprint density at radius 2 is 1.58 bits per heavy atom. The second-order valence-corrected chi connectivity index (χ2v) is 10.1. The van der Waals surface area contributed by atoms with Crippen LogP contribution in [-0.4, -0.2) is 54.2 Å². The molecule has 1 N–H and O–H groups in total. The summed E-state index contributed by atoms with van der Waals surface area (Å²) in [7, 11) is 0. The van der Waals surface area contributed by atoms with E-state index in [4.69, 9.17) is 16.3 Å². The second kappa shape index (κ2) is 10.4. The van der Waals surface area contributed by atoms with Gasteiger partial charge in [0.05, 0.1) is 0 Å². The van der Waals surface area contributed by atoms with Crippen molar-refractivity contribution in [3.05, 3.63) is 59.1 Å². The number of fused-ring (bicyclic) bond motifs is 1. The molecule has 6 heteroatoms. The molecule has 2 aromatic carbocycles. The average Bonchev–Trinajstić information content (AvgIpc) is 2.86. The Kier molecular flexibility index (Phi) is 7.07. The van der Waals surface area contributed by atoms with Gasteiger partial charge in [-0.1, -0.05) is 30.2 Å². The predicted octanol–water partition coefficient (Wildman–Crippen LogP) is 6.15. The number of carbonyl (C=O) groups is 1. The van der Waals surface area contributed by atoms with Crippen LogP contribution in [0.5, 0.6) is 5.75 Å². The zero-order chi connectivity index (χ0) is 22.6. The minimum Gasteiger partial charge on any atom is -0.489 e. The minimum absolute atomic E-state index is 0.0247. The first-order valence-electron chi connectivity index (χ1n) is 12.5. The second-order valence-electron chi connectivity index (χ2n) is 9.67. The number of nitrogens with one attached hydrogen (secondary N) is 1. The number of likely N-dealkylation sites (tertiary alicyclic amines) is 1. The summed E-state index contributed by atoms with van der Waals surface area (Å²) in [6, 6.07) is 16.5. The van der Waals surface area contributed by atoms with Gasteiger partial charge in [-0.05, 0) is 99.5 Å². The van der Waals surface area contributed by atoms with Crippen molar-refractivity contribution < 1.29 is 9.53 Å². The third-order valence-electron chi connectivity index (χ3n) is 7.54. The predicted molar refractivity (Wildman–Crippen MR) is 133 cm³/mol. The number of halogens is 1. The molecule has 0 spiro atoms. The maximum Gasteiger partial charge on any atom is 0.321 e. The van der Waals surface area contributed by atoms with Crippen LogP contribution in [0.15, 0.2) is 48.5 Å². The van der Waals surface area contributed by atoms with Crippen molar-refractivity contribution in [2.75, 3.05) is 31.5 Å². The lowest BCUT2D eigenvalue weighted by Gasteiger charge is -2.43. The van der Waals surface area contributed by atoms with Crippen molar-refractivity contribution in [1.29, 1.82) is 0 Å². The average molecular weight is 468 g/mol. The topological polar surface area (TPSA) is 44.8 Å². The van der Waals surface area contributed by atoms with E-state index in [-0.39, 0.29) is 12.1 Å². The number of hydrogen-bond acceptors (Lipinski definition) is 3. The van der Waals surface area contributed by atoms with E-state index in [0.29, 0.717) is 12.0 Å².